The van der Waals surface area contributed by atoms with Crippen LogP contribution in [0.2, 0.25) is 0 Å². The van der Waals surface area contributed by atoms with Crippen LogP contribution in [0.3, 0.4) is 0 Å². The molecule has 0 atom stereocenters. The van der Waals surface area contributed by atoms with Gasteiger partial charge < -0.3 is 9.15 Å². The number of benzene rings is 3. The summed E-state index contributed by atoms with van der Waals surface area (Å²) in [4.78, 5) is 16.7. The summed E-state index contributed by atoms with van der Waals surface area (Å²) in [6, 6.07) is 23.9. The van der Waals surface area contributed by atoms with E-state index in [-0.39, 0.29) is 12.4 Å². The van der Waals surface area contributed by atoms with Crippen molar-refractivity contribution in [1.29, 1.82) is 0 Å². The number of carbonyl (C=O) groups excluding carboxylic acids is 1. The van der Waals surface area contributed by atoms with Crippen molar-refractivity contribution in [3.8, 4) is 5.75 Å². The zero-order valence-corrected chi connectivity index (χ0v) is 13.4. The van der Waals surface area contributed by atoms with Crippen molar-refractivity contribution in [3.05, 3.63) is 95.9 Å². The Balaban J connectivity index is 1.44. The number of fused-ring (bicyclic) bond motifs is 1. The van der Waals surface area contributed by atoms with Crippen LogP contribution in [-0.4, -0.2) is 10.8 Å². The second kappa shape index (κ2) is 6.61. The molecule has 4 rings (SSSR count). The molecule has 1 aromatic heterocycles. The van der Waals surface area contributed by atoms with E-state index >= 15 is 0 Å². The molecule has 0 aliphatic rings. The Morgan fingerprint density at radius 3 is 2.28 bits per heavy atom. The summed E-state index contributed by atoms with van der Waals surface area (Å²) >= 11 is 0. The Kier molecular flexibility index (Phi) is 4.01. The van der Waals surface area contributed by atoms with Gasteiger partial charge in [0.05, 0.1) is 0 Å². The van der Waals surface area contributed by atoms with E-state index in [2.05, 4.69) is 4.98 Å². The van der Waals surface area contributed by atoms with Crippen LogP contribution in [0.25, 0.3) is 11.1 Å². The third-order valence-corrected chi connectivity index (χ3v) is 3.85. The molecule has 0 saturated carbocycles. The number of carbonyl (C=O) groups is 1. The van der Waals surface area contributed by atoms with Gasteiger partial charge in [0.15, 0.2) is 18.0 Å². The smallest absolute Gasteiger partial charge is 0.233 e. The molecule has 0 bridgehead atoms. The number of aromatic nitrogens is 1. The molecule has 0 aliphatic heterocycles. The number of hydrogen-bond donors (Lipinski definition) is 0. The number of rotatable bonds is 5. The molecule has 0 amide bonds. The quantitative estimate of drug-likeness (QED) is 0.501. The minimum atomic E-state index is -0.00824. The molecule has 122 valence electrons. The molecule has 0 aliphatic carbocycles. The van der Waals surface area contributed by atoms with Gasteiger partial charge in [-0.2, -0.15) is 0 Å². The van der Waals surface area contributed by atoms with Crippen molar-refractivity contribution in [2.75, 3.05) is 0 Å². The van der Waals surface area contributed by atoms with E-state index < -0.39 is 0 Å². The lowest BCUT2D eigenvalue weighted by Crippen LogP contribution is -2.01. The van der Waals surface area contributed by atoms with Gasteiger partial charge in [0.2, 0.25) is 5.89 Å². The second-order valence-corrected chi connectivity index (χ2v) is 5.58. The van der Waals surface area contributed by atoms with Gasteiger partial charge in [-0.1, -0.05) is 42.5 Å². The maximum atomic E-state index is 12.4. The summed E-state index contributed by atoms with van der Waals surface area (Å²) in [5.74, 6) is 1.17. The minimum Gasteiger partial charge on any atom is -0.484 e. The normalized spacial score (nSPS) is 10.7. The minimum absolute atomic E-state index is 0.00824. The number of ether oxygens (including phenoxy) is 1. The average Bonchev–Trinajstić information content (AvgIpc) is 3.10. The van der Waals surface area contributed by atoms with E-state index in [0.717, 1.165) is 11.1 Å². The monoisotopic (exact) mass is 329 g/mol. The molecular formula is C21H15NO3. The standard InChI is InChI=1S/C21H15NO3/c23-21(15-6-2-1-3-7-15)16-10-12-17(13-11-16)24-14-20-22-18-8-4-5-9-19(18)25-20/h1-13H,14H2. The van der Waals surface area contributed by atoms with Crippen LogP contribution >= 0.6 is 0 Å². The highest BCUT2D eigenvalue weighted by Crippen LogP contribution is 2.19. The molecule has 25 heavy (non-hydrogen) atoms. The summed E-state index contributed by atoms with van der Waals surface area (Å²) < 4.78 is 11.3. The molecule has 0 radical (unpaired) electrons. The largest absolute Gasteiger partial charge is 0.484 e. The molecule has 0 spiro atoms. The zero-order valence-electron chi connectivity index (χ0n) is 13.4. The van der Waals surface area contributed by atoms with E-state index in [1.54, 1.807) is 36.4 Å². The molecule has 0 fully saturated rings. The third-order valence-electron chi connectivity index (χ3n) is 3.85. The Labute approximate surface area is 144 Å². The van der Waals surface area contributed by atoms with E-state index in [4.69, 9.17) is 9.15 Å². The second-order valence-electron chi connectivity index (χ2n) is 5.58. The van der Waals surface area contributed by atoms with E-state index in [9.17, 15) is 4.79 Å². The summed E-state index contributed by atoms with van der Waals surface area (Å²) in [6.07, 6.45) is 0. The Morgan fingerprint density at radius 2 is 1.52 bits per heavy atom. The van der Waals surface area contributed by atoms with Crippen molar-refractivity contribution in [1.82, 2.24) is 4.98 Å². The molecule has 0 N–H and O–H groups in total. The highest BCUT2D eigenvalue weighted by molar-refractivity contribution is 6.08. The van der Waals surface area contributed by atoms with Crippen LogP contribution in [0.4, 0.5) is 0 Å². The van der Waals surface area contributed by atoms with Crippen molar-refractivity contribution in [2.24, 2.45) is 0 Å². The first kappa shape index (κ1) is 15.1. The van der Waals surface area contributed by atoms with Crippen LogP contribution < -0.4 is 4.74 Å². The van der Waals surface area contributed by atoms with Crippen molar-refractivity contribution in [3.63, 3.8) is 0 Å². The number of nitrogens with zero attached hydrogens (tertiary/aromatic N) is 1. The van der Waals surface area contributed by atoms with Crippen molar-refractivity contribution < 1.29 is 13.9 Å². The van der Waals surface area contributed by atoms with Gasteiger partial charge in [-0.15, -0.1) is 0 Å². The summed E-state index contributed by atoms with van der Waals surface area (Å²) in [5, 5.41) is 0. The van der Waals surface area contributed by atoms with Crippen LogP contribution in [-0.2, 0) is 6.61 Å². The molecule has 0 unspecified atom stereocenters. The van der Waals surface area contributed by atoms with E-state index in [0.29, 0.717) is 22.8 Å². The van der Waals surface area contributed by atoms with Gasteiger partial charge in [-0.25, -0.2) is 4.98 Å². The maximum absolute atomic E-state index is 12.4. The van der Waals surface area contributed by atoms with Crippen LogP contribution in [0.15, 0.2) is 83.3 Å². The van der Waals surface area contributed by atoms with Crippen molar-refractivity contribution >= 4 is 16.9 Å². The van der Waals surface area contributed by atoms with Crippen molar-refractivity contribution in [2.45, 2.75) is 6.61 Å². The molecule has 4 heteroatoms. The van der Waals surface area contributed by atoms with Crippen LogP contribution in [0.1, 0.15) is 21.8 Å². The first-order valence-corrected chi connectivity index (χ1v) is 7.97. The topological polar surface area (TPSA) is 52.3 Å². The van der Waals surface area contributed by atoms with Gasteiger partial charge in [-0.05, 0) is 36.4 Å². The van der Waals surface area contributed by atoms with Gasteiger partial charge in [-0.3, -0.25) is 4.79 Å². The summed E-state index contributed by atoms with van der Waals surface area (Å²) in [7, 11) is 0. The maximum Gasteiger partial charge on any atom is 0.233 e. The first-order valence-electron chi connectivity index (χ1n) is 7.97. The highest BCUT2D eigenvalue weighted by Gasteiger charge is 2.09. The fourth-order valence-electron chi connectivity index (χ4n) is 2.59. The van der Waals surface area contributed by atoms with Gasteiger partial charge in [0.1, 0.15) is 11.3 Å². The van der Waals surface area contributed by atoms with E-state index in [1.165, 1.54) is 0 Å². The fourth-order valence-corrected chi connectivity index (χ4v) is 2.59. The Morgan fingerprint density at radius 1 is 0.840 bits per heavy atom. The lowest BCUT2D eigenvalue weighted by atomic mass is 10.0. The highest BCUT2D eigenvalue weighted by atomic mass is 16.5. The Hall–Kier alpha value is -3.40. The van der Waals surface area contributed by atoms with E-state index in [1.807, 2.05) is 42.5 Å². The number of para-hydroxylation sites is 2. The summed E-state index contributed by atoms with van der Waals surface area (Å²) in [6.45, 7) is 0.237. The number of oxazole rings is 1. The number of ketones is 1. The van der Waals surface area contributed by atoms with Gasteiger partial charge in [0, 0.05) is 11.1 Å². The van der Waals surface area contributed by atoms with Gasteiger partial charge >= 0.3 is 0 Å². The molecule has 4 nitrogen and oxygen atoms in total. The molecule has 4 aromatic rings. The molecule has 3 aromatic carbocycles. The summed E-state index contributed by atoms with van der Waals surface area (Å²) in [5.41, 5.74) is 2.85. The third kappa shape index (κ3) is 3.28. The average molecular weight is 329 g/mol. The molecule has 0 saturated heterocycles. The predicted octanol–water partition coefficient (Wildman–Crippen LogP) is 4.64. The lowest BCUT2D eigenvalue weighted by Gasteiger charge is -2.05. The van der Waals surface area contributed by atoms with Crippen LogP contribution in [0.5, 0.6) is 5.75 Å². The molecular weight excluding hydrogens is 314 g/mol. The SMILES string of the molecule is O=C(c1ccccc1)c1ccc(OCc2nc3ccccc3o2)cc1. The zero-order chi connectivity index (χ0) is 17.1. The number of hydrogen-bond acceptors (Lipinski definition) is 4. The predicted molar refractivity (Wildman–Crippen MR) is 94.7 cm³/mol. The van der Waals surface area contributed by atoms with Crippen LogP contribution in [0, 0.1) is 0 Å². The van der Waals surface area contributed by atoms with Gasteiger partial charge in [0.25, 0.3) is 0 Å². The molecule has 1 heterocycles. The first-order chi connectivity index (χ1) is 12.3. The fraction of sp³-hybridized carbons (Fsp3) is 0.0476. The lowest BCUT2D eigenvalue weighted by molar-refractivity contribution is 0.103. The Bertz CT molecular complexity index is 971.